The Balaban J connectivity index is 1.71. The van der Waals surface area contributed by atoms with Crippen molar-refractivity contribution in [3.05, 3.63) is 29.3 Å². The standard InChI is InChI=1S/C21H22O5/c1-9-8-21-17-15-13(24-18(21)10(2)19(23)26-21)6-11(22)7-14(15)25-20(3)5-4-12(9)16(17)20/h6-8,10,12,16-18,22H,4-5H2,1-3H3/t10-,12-,16+,17+,18+,20+,21+/m0/s1. The van der Waals surface area contributed by atoms with Crippen LogP contribution < -0.4 is 9.47 Å². The summed E-state index contributed by atoms with van der Waals surface area (Å²) in [6.45, 7) is 6.19. The van der Waals surface area contributed by atoms with Crippen molar-refractivity contribution in [2.24, 2.45) is 17.8 Å². The summed E-state index contributed by atoms with van der Waals surface area (Å²) in [5, 5.41) is 10.2. The number of hydrogen-bond acceptors (Lipinski definition) is 5. The largest absolute Gasteiger partial charge is 0.508 e. The number of esters is 1. The Morgan fingerprint density at radius 2 is 2.00 bits per heavy atom. The molecule has 0 unspecified atom stereocenters. The molecule has 0 bridgehead atoms. The third-order valence-corrected chi connectivity index (χ3v) is 7.52. The first kappa shape index (κ1) is 14.9. The van der Waals surface area contributed by atoms with E-state index in [0.717, 1.165) is 18.4 Å². The number of carbonyl (C=O) groups excluding carboxylic acids is 1. The minimum Gasteiger partial charge on any atom is -0.508 e. The van der Waals surface area contributed by atoms with Gasteiger partial charge in [-0.15, -0.1) is 0 Å². The lowest BCUT2D eigenvalue weighted by Crippen LogP contribution is -2.61. The van der Waals surface area contributed by atoms with Crippen molar-refractivity contribution in [1.29, 1.82) is 0 Å². The van der Waals surface area contributed by atoms with Crippen LogP contribution in [0.15, 0.2) is 23.8 Å². The lowest BCUT2D eigenvalue weighted by molar-refractivity contribution is -0.157. The third-order valence-electron chi connectivity index (χ3n) is 7.52. The van der Waals surface area contributed by atoms with Gasteiger partial charge in [-0.05, 0) is 45.6 Å². The smallest absolute Gasteiger partial charge is 0.313 e. The molecule has 6 rings (SSSR count). The lowest BCUT2D eigenvalue weighted by atomic mass is 9.57. The van der Waals surface area contributed by atoms with Crippen molar-refractivity contribution < 1.29 is 24.1 Å². The van der Waals surface area contributed by atoms with Crippen LogP contribution in [0.1, 0.15) is 45.1 Å². The molecule has 5 aliphatic rings. The molecule has 0 aromatic heterocycles. The van der Waals surface area contributed by atoms with Crippen LogP contribution in [-0.4, -0.2) is 28.4 Å². The summed E-state index contributed by atoms with van der Waals surface area (Å²) in [6.07, 6.45) is 3.82. The summed E-state index contributed by atoms with van der Waals surface area (Å²) in [5.74, 6) is 1.57. The maximum atomic E-state index is 12.6. The Morgan fingerprint density at radius 1 is 1.23 bits per heavy atom. The summed E-state index contributed by atoms with van der Waals surface area (Å²) in [6, 6.07) is 3.33. The highest BCUT2D eigenvalue weighted by molar-refractivity contribution is 5.78. The van der Waals surface area contributed by atoms with Crippen LogP contribution in [0.5, 0.6) is 17.2 Å². The van der Waals surface area contributed by atoms with E-state index in [2.05, 4.69) is 19.9 Å². The van der Waals surface area contributed by atoms with Gasteiger partial charge in [0.05, 0.1) is 5.92 Å². The molecule has 1 N–H and O–H groups in total. The number of benzene rings is 1. The van der Waals surface area contributed by atoms with Crippen molar-refractivity contribution in [3.8, 4) is 17.2 Å². The van der Waals surface area contributed by atoms with E-state index in [-0.39, 0.29) is 41.2 Å². The minimum atomic E-state index is -0.768. The summed E-state index contributed by atoms with van der Waals surface area (Å²) < 4.78 is 18.8. The molecule has 2 fully saturated rings. The van der Waals surface area contributed by atoms with Gasteiger partial charge in [-0.1, -0.05) is 5.57 Å². The monoisotopic (exact) mass is 354 g/mol. The molecule has 2 aliphatic carbocycles. The van der Waals surface area contributed by atoms with Crippen LogP contribution in [0.3, 0.4) is 0 Å². The number of rotatable bonds is 0. The molecule has 26 heavy (non-hydrogen) atoms. The average molecular weight is 354 g/mol. The molecule has 1 aromatic rings. The fourth-order valence-electron chi connectivity index (χ4n) is 6.52. The van der Waals surface area contributed by atoms with E-state index >= 15 is 0 Å². The summed E-state index contributed by atoms with van der Waals surface area (Å²) >= 11 is 0. The zero-order valence-electron chi connectivity index (χ0n) is 15.1. The van der Waals surface area contributed by atoms with Gasteiger partial charge in [0.1, 0.15) is 22.8 Å². The fraction of sp³-hybridized carbons (Fsp3) is 0.571. The molecule has 0 radical (unpaired) electrons. The van der Waals surface area contributed by atoms with Gasteiger partial charge in [-0.2, -0.15) is 0 Å². The molecule has 1 spiro atoms. The van der Waals surface area contributed by atoms with Gasteiger partial charge in [-0.25, -0.2) is 0 Å². The zero-order chi connectivity index (χ0) is 18.0. The van der Waals surface area contributed by atoms with Gasteiger partial charge in [0.25, 0.3) is 0 Å². The Hall–Kier alpha value is -2.17. The maximum Gasteiger partial charge on any atom is 0.313 e. The first-order valence-corrected chi connectivity index (χ1v) is 9.49. The van der Waals surface area contributed by atoms with Gasteiger partial charge < -0.3 is 19.3 Å². The van der Waals surface area contributed by atoms with Crippen LogP contribution in [0.2, 0.25) is 0 Å². The van der Waals surface area contributed by atoms with Crippen LogP contribution in [0.25, 0.3) is 0 Å². The van der Waals surface area contributed by atoms with Crippen molar-refractivity contribution in [1.82, 2.24) is 0 Å². The van der Waals surface area contributed by atoms with Crippen LogP contribution in [0, 0.1) is 17.8 Å². The molecule has 0 amide bonds. The molecule has 5 heteroatoms. The number of aromatic hydroxyl groups is 1. The van der Waals surface area contributed by atoms with Crippen molar-refractivity contribution in [2.75, 3.05) is 0 Å². The predicted molar refractivity (Wildman–Crippen MR) is 92.3 cm³/mol. The molecule has 7 atom stereocenters. The number of allylic oxidation sites excluding steroid dienone is 1. The van der Waals surface area contributed by atoms with Crippen LogP contribution >= 0.6 is 0 Å². The molecular formula is C21H22O5. The number of carbonyl (C=O) groups is 1. The van der Waals surface area contributed by atoms with Crippen molar-refractivity contribution in [2.45, 2.75) is 56.8 Å². The van der Waals surface area contributed by atoms with Crippen LogP contribution in [-0.2, 0) is 9.53 Å². The molecule has 3 aliphatic heterocycles. The van der Waals surface area contributed by atoms with Gasteiger partial charge >= 0.3 is 5.97 Å². The third kappa shape index (κ3) is 1.45. The Labute approximate surface area is 151 Å². The quantitative estimate of drug-likeness (QED) is 0.572. The number of hydrogen-bond donors (Lipinski definition) is 1. The number of phenolic OH excluding ortho intramolecular Hbond substituents is 1. The van der Waals surface area contributed by atoms with E-state index in [4.69, 9.17) is 14.2 Å². The Kier molecular flexibility index (Phi) is 2.42. The Morgan fingerprint density at radius 3 is 2.81 bits per heavy atom. The highest BCUT2D eigenvalue weighted by atomic mass is 16.6. The van der Waals surface area contributed by atoms with E-state index in [1.807, 2.05) is 6.92 Å². The summed E-state index contributed by atoms with van der Waals surface area (Å²) in [7, 11) is 0. The normalized spacial score (nSPS) is 46.5. The maximum absolute atomic E-state index is 12.6. The molecule has 136 valence electrons. The fourth-order valence-corrected chi connectivity index (χ4v) is 6.52. The van der Waals surface area contributed by atoms with Gasteiger partial charge in [0.2, 0.25) is 0 Å². The van der Waals surface area contributed by atoms with Gasteiger partial charge in [-0.3, -0.25) is 4.79 Å². The van der Waals surface area contributed by atoms with E-state index < -0.39 is 5.60 Å². The van der Waals surface area contributed by atoms with Crippen LogP contribution in [0.4, 0.5) is 0 Å². The topological polar surface area (TPSA) is 65.0 Å². The molecule has 1 aromatic carbocycles. The average Bonchev–Trinajstić information content (AvgIpc) is 3.02. The number of ether oxygens (including phenoxy) is 3. The second kappa shape index (κ2) is 4.21. The minimum absolute atomic E-state index is 0.00991. The second-order valence-electron chi connectivity index (χ2n) is 8.91. The molecule has 1 saturated heterocycles. The van der Waals surface area contributed by atoms with Crippen molar-refractivity contribution >= 4 is 5.97 Å². The second-order valence-corrected chi connectivity index (χ2v) is 8.91. The summed E-state index contributed by atoms with van der Waals surface area (Å²) in [4.78, 5) is 12.6. The Bertz CT molecular complexity index is 904. The first-order chi connectivity index (χ1) is 12.3. The van der Waals surface area contributed by atoms with E-state index in [0.29, 0.717) is 17.4 Å². The summed E-state index contributed by atoms with van der Waals surface area (Å²) in [5.41, 5.74) is 1.14. The molecule has 5 nitrogen and oxygen atoms in total. The zero-order valence-corrected chi connectivity index (χ0v) is 15.1. The highest BCUT2D eigenvalue weighted by Gasteiger charge is 2.71. The van der Waals surface area contributed by atoms with Gasteiger partial charge in [0, 0.05) is 29.5 Å². The number of phenols is 1. The highest BCUT2D eigenvalue weighted by Crippen LogP contribution is 2.68. The van der Waals surface area contributed by atoms with Crippen molar-refractivity contribution in [3.63, 3.8) is 0 Å². The SMILES string of the molecule is CC1=C[C@]23OC(=O)[C@@H](C)[C@H]2Oc2cc(O)cc4c2[C@@H]3[C@H]2[C@H]1CC[C@@]2(C)O4. The van der Waals surface area contributed by atoms with E-state index in [1.54, 1.807) is 12.1 Å². The molecule has 3 heterocycles. The predicted octanol–water partition coefficient (Wildman–Crippen LogP) is 3.31. The molecule has 1 saturated carbocycles. The van der Waals surface area contributed by atoms with E-state index in [1.165, 1.54) is 5.57 Å². The first-order valence-electron chi connectivity index (χ1n) is 9.49. The van der Waals surface area contributed by atoms with Gasteiger partial charge in [0.15, 0.2) is 11.7 Å². The molecular weight excluding hydrogens is 332 g/mol. The lowest BCUT2D eigenvalue weighted by Gasteiger charge is -2.56. The van der Waals surface area contributed by atoms with E-state index in [9.17, 15) is 9.90 Å².